The van der Waals surface area contributed by atoms with E-state index in [1.165, 1.54) is 0 Å². The van der Waals surface area contributed by atoms with Gasteiger partial charge in [-0.15, -0.1) is 0 Å². The summed E-state index contributed by atoms with van der Waals surface area (Å²) in [5.41, 5.74) is 0. The highest BCUT2D eigenvalue weighted by atomic mass is 35.5. The first-order valence-electron chi connectivity index (χ1n) is 5.54. The molecule has 6 heteroatoms. The van der Waals surface area contributed by atoms with Crippen molar-refractivity contribution in [1.82, 2.24) is 5.32 Å². The number of rotatable bonds is 6. The molecule has 0 aliphatic rings. The number of benzene rings is 1. The van der Waals surface area contributed by atoms with Crippen LogP contribution in [0.3, 0.4) is 0 Å². The van der Waals surface area contributed by atoms with Crippen LogP contribution in [0.5, 0.6) is 5.75 Å². The summed E-state index contributed by atoms with van der Waals surface area (Å²) in [5.74, 6) is 0.0928. The lowest BCUT2D eigenvalue weighted by molar-refractivity contribution is -0.124. The molecule has 4 nitrogen and oxygen atoms in total. The van der Waals surface area contributed by atoms with Crippen LogP contribution in [-0.2, 0) is 4.79 Å². The summed E-state index contributed by atoms with van der Waals surface area (Å²) in [4.78, 5) is 11.5. The maximum Gasteiger partial charge on any atom is 0.258 e. The normalized spacial score (nSPS) is 12.0. The van der Waals surface area contributed by atoms with Crippen molar-refractivity contribution >= 4 is 29.1 Å². The first-order chi connectivity index (χ1) is 8.56. The summed E-state index contributed by atoms with van der Waals surface area (Å²) < 4.78 is 5.26. The van der Waals surface area contributed by atoms with Gasteiger partial charge in [-0.25, -0.2) is 0 Å². The van der Waals surface area contributed by atoms with Gasteiger partial charge >= 0.3 is 0 Å². The van der Waals surface area contributed by atoms with Crippen LogP contribution >= 0.6 is 23.2 Å². The number of aliphatic hydroxyl groups excluding tert-OH is 1. The molecule has 2 N–H and O–H groups in total. The summed E-state index contributed by atoms with van der Waals surface area (Å²) in [6, 6.07) is 4.52. The molecule has 0 saturated heterocycles. The van der Waals surface area contributed by atoms with Crippen molar-refractivity contribution in [2.45, 2.75) is 19.4 Å². The third kappa shape index (κ3) is 4.72. The zero-order valence-electron chi connectivity index (χ0n) is 9.95. The largest absolute Gasteiger partial charge is 0.482 e. The van der Waals surface area contributed by atoms with E-state index < -0.39 is 0 Å². The van der Waals surface area contributed by atoms with Crippen molar-refractivity contribution in [1.29, 1.82) is 0 Å². The first-order valence-corrected chi connectivity index (χ1v) is 6.30. The number of hydrogen-bond donors (Lipinski definition) is 2. The van der Waals surface area contributed by atoms with Crippen molar-refractivity contribution in [3.05, 3.63) is 28.2 Å². The Balaban J connectivity index is 2.47. The van der Waals surface area contributed by atoms with Crippen molar-refractivity contribution in [3.8, 4) is 5.75 Å². The van der Waals surface area contributed by atoms with E-state index in [4.69, 9.17) is 33.0 Å². The van der Waals surface area contributed by atoms with Gasteiger partial charge in [-0.3, -0.25) is 4.79 Å². The third-order valence-electron chi connectivity index (χ3n) is 2.33. The molecule has 0 radical (unpaired) electrons. The SMILES string of the molecule is CCC(CO)NC(=O)COc1ccc(Cl)cc1Cl. The summed E-state index contributed by atoms with van der Waals surface area (Å²) >= 11 is 11.6. The maximum atomic E-state index is 11.5. The molecule has 0 spiro atoms. The fourth-order valence-electron chi connectivity index (χ4n) is 1.28. The van der Waals surface area contributed by atoms with Gasteiger partial charge in [-0.2, -0.15) is 0 Å². The van der Waals surface area contributed by atoms with Crippen LogP contribution in [0.2, 0.25) is 10.0 Å². The number of ether oxygens (including phenoxy) is 1. The van der Waals surface area contributed by atoms with Gasteiger partial charge in [0.2, 0.25) is 0 Å². The predicted octanol–water partition coefficient (Wildman–Crippen LogP) is 2.26. The van der Waals surface area contributed by atoms with Crippen LogP contribution in [0.25, 0.3) is 0 Å². The lowest BCUT2D eigenvalue weighted by Crippen LogP contribution is -2.39. The van der Waals surface area contributed by atoms with Crippen LogP contribution in [0.15, 0.2) is 18.2 Å². The summed E-state index contributed by atoms with van der Waals surface area (Å²) in [7, 11) is 0. The van der Waals surface area contributed by atoms with Gasteiger partial charge in [-0.05, 0) is 24.6 Å². The molecule has 0 aromatic heterocycles. The van der Waals surface area contributed by atoms with Gasteiger partial charge in [0.05, 0.1) is 17.7 Å². The molecular formula is C12H15Cl2NO3. The average molecular weight is 292 g/mol. The molecule has 1 rings (SSSR count). The summed E-state index contributed by atoms with van der Waals surface area (Å²) in [5, 5.41) is 12.4. The second-order valence-electron chi connectivity index (χ2n) is 3.72. The Labute approximate surface area is 116 Å². The topological polar surface area (TPSA) is 58.6 Å². The molecule has 1 atom stereocenters. The molecule has 0 saturated carbocycles. The van der Waals surface area contributed by atoms with Crippen LogP contribution < -0.4 is 10.1 Å². The van der Waals surface area contributed by atoms with Gasteiger partial charge in [0.1, 0.15) is 5.75 Å². The number of halogens is 2. The Morgan fingerprint density at radius 2 is 2.22 bits per heavy atom. The molecular weight excluding hydrogens is 277 g/mol. The van der Waals surface area contributed by atoms with Crippen molar-refractivity contribution < 1.29 is 14.6 Å². The van der Waals surface area contributed by atoms with E-state index >= 15 is 0 Å². The average Bonchev–Trinajstić information content (AvgIpc) is 2.35. The fourth-order valence-corrected chi connectivity index (χ4v) is 1.74. The number of nitrogens with one attached hydrogen (secondary N) is 1. The standard InChI is InChI=1S/C12H15Cl2NO3/c1-2-9(6-16)15-12(17)7-18-11-4-3-8(13)5-10(11)14/h3-5,9,16H,2,6-7H2,1H3,(H,15,17). The van der Waals surface area contributed by atoms with Gasteiger partial charge in [-0.1, -0.05) is 30.1 Å². The molecule has 1 aromatic carbocycles. The number of aliphatic hydroxyl groups is 1. The first kappa shape index (κ1) is 15.1. The third-order valence-corrected chi connectivity index (χ3v) is 2.86. The molecule has 0 heterocycles. The maximum absolute atomic E-state index is 11.5. The number of amides is 1. The van der Waals surface area contributed by atoms with Gasteiger partial charge in [0.15, 0.2) is 6.61 Å². The van der Waals surface area contributed by atoms with Crippen molar-refractivity contribution in [3.63, 3.8) is 0 Å². The van der Waals surface area contributed by atoms with E-state index in [2.05, 4.69) is 5.32 Å². The number of carbonyl (C=O) groups is 1. The van der Waals surface area contributed by atoms with Gasteiger partial charge in [0.25, 0.3) is 5.91 Å². The molecule has 18 heavy (non-hydrogen) atoms. The van der Waals surface area contributed by atoms with Crippen LogP contribution in [0.1, 0.15) is 13.3 Å². The molecule has 0 bridgehead atoms. The van der Waals surface area contributed by atoms with Crippen LogP contribution in [0, 0.1) is 0 Å². The van der Waals surface area contributed by atoms with Crippen molar-refractivity contribution in [2.75, 3.05) is 13.2 Å². The lowest BCUT2D eigenvalue weighted by Gasteiger charge is -2.14. The molecule has 0 fully saturated rings. The molecule has 100 valence electrons. The zero-order valence-corrected chi connectivity index (χ0v) is 11.5. The number of carbonyl (C=O) groups excluding carboxylic acids is 1. The van der Waals surface area contributed by atoms with E-state index in [0.717, 1.165) is 0 Å². The van der Waals surface area contributed by atoms with Crippen LogP contribution in [-0.4, -0.2) is 30.3 Å². The minimum Gasteiger partial charge on any atom is -0.482 e. The highest BCUT2D eigenvalue weighted by molar-refractivity contribution is 6.35. The van der Waals surface area contributed by atoms with E-state index in [1.54, 1.807) is 18.2 Å². The Morgan fingerprint density at radius 3 is 2.78 bits per heavy atom. The Hall–Kier alpha value is -0.970. The minimum absolute atomic E-state index is 0.0933. The smallest absolute Gasteiger partial charge is 0.258 e. The minimum atomic E-state index is -0.304. The van der Waals surface area contributed by atoms with Gasteiger partial charge in [0, 0.05) is 5.02 Å². The second kappa shape index (κ2) is 7.46. The molecule has 0 aliphatic heterocycles. The van der Waals surface area contributed by atoms with E-state index in [0.29, 0.717) is 22.2 Å². The second-order valence-corrected chi connectivity index (χ2v) is 4.56. The fraction of sp³-hybridized carbons (Fsp3) is 0.417. The highest BCUT2D eigenvalue weighted by Gasteiger charge is 2.10. The highest BCUT2D eigenvalue weighted by Crippen LogP contribution is 2.27. The van der Waals surface area contributed by atoms with E-state index in [1.807, 2.05) is 6.92 Å². The Morgan fingerprint density at radius 1 is 1.50 bits per heavy atom. The molecule has 0 aliphatic carbocycles. The Bertz CT molecular complexity index is 408. The molecule has 1 amide bonds. The quantitative estimate of drug-likeness (QED) is 0.845. The van der Waals surface area contributed by atoms with Gasteiger partial charge < -0.3 is 15.2 Å². The summed E-state index contributed by atoms with van der Waals surface area (Å²) in [6.07, 6.45) is 0.657. The Kier molecular flexibility index (Phi) is 6.25. The van der Waals surface area contributed by atoms with E-state index in [9.17, 15) is 4.79 Å². The molecule has 1 aromatic rings. The molecule has 1 unspecified atom stereocenters. The van der Waals surface area contributed by atoms with E-state index in [-0.39, 0.29) is 25.2 Å². The number of hydrogen-bond acceptors (Lipinski definition) is 3. The van der Waals surface area contributed by atoms with Crippen molar-refractivity contribution in [2.24, 2.45) is 0 Å². The van der Waals surface area contributed by atoms with Crippen LogP contribution in [0.4, 0.5) is 0 Å². The lowest BCUT2D eigenvalue weighted by atomic mass is 10.2. The summed E-state index contributed by atoms with van der Waals surface area (Å²) in [6.45, 7) is 1.62. The monoisotopic (exact) mass is 291 g/mol. The zero-order chi connectivity index (χ0) is 13.5. The predicted molar refractivity (Wildman–Crippen MR) is 71.3 cm³/mol.